The topological polar surface area (TPSA) is 30.7 Å². The molecular weight excluding hydrogens is 266 g/mol. The zero-order chi connectivity index (χ0) is 14.2. The first-order chi connectivity index (χ1) is 9.53. The van der Waals surface area contributed by atoms with E-state index in [0.29, 0.717) is 0 Å². The van der Waals surface area contributed by atoms with Crippen LogP contribution in [0.25, 0.3) is 11.2 Å². The normalized spacial score (nSPS) is 19.9. The van der Waals surface area contributed by atoms with Crippen molar-refractivity contribution in [3.63, 3.8) is 0 Å². The Morgan fingerprint density at radius 3 is 2.95 bits per heavy atom. The van der Waals surface area contributed by atoms with E-state index in [0.717, 1.165) is 29.4 Å². The highest BCUT2D eigenvalue weighted by molar-refractivity contribution is 8.00. The molecule has 2 aromatic rings. The molecule has 0 aromatic carbocycles. The van der Waals surface area contributed by atoms with Crippen molar-refractivity contribution in [3.05, 3.63) is 24.2 Å². The van der Waals surface area contributed by atoms with Crippen LogP contribution >= 0.6 is 11.8 Å². The van der Waals surface area contributed by atoms with Gasteiger partial charge in [-0.3, -0.25) is 0 Å². The molecule has 2 aromatic heterocycles. The lowest BCUT2D eigenvalue weighted by Crippen LogP contribution is -2.19. The third kappa shape index (κ3) is 3.00. The number of pyridine rings is 1. The molecule has 108 valence electrons. The molecule has 4 heteroatoms. The van der Waals surface area contributed by atoms with Crippen molar-refractivity contribution in [2.45, 2.75) is 51.8 Å². The van der Waals surface area contributed by atoms with Crippen molar-refractivity contribution >= 4 is 22.9 Å². The summed E-state index contributed by atoms with van der Waals surface area (Å²) < 4.78 is 2.34. The number of nitrogens with zero attached hydrogens (tertiary/aromatic N) is 3. The largest absolute Gasteiger partial charge is 0.312 e. The Labute approximate surface area is 125 Å². The van der Waals surface area contributed by atoms with Crippen LogP contribution in [-0.4, -0.2) is 25.5 Å². The molecule has 0 amide bonds. The van der Waals surface area contributed by atoms with Gasteiger partial charge in [-0.15, -0.1) is 0 Å². The monoisotopic (exact) mass is 289 g/mol. The highest BCUT2D eigenvalue weighted by atomic mass is 32.2. The van der Waals surface area contributed by atoms with Crippen molar-refractivity contribution in [2.24, 2.45) is 5.41 Å². The van der Waals surface area contributed by atoms with Crippen LogP contribution in [0.1, 0.15) is 39.4 Å². The van der Waals surface area contributed by atoms with Gasteiger partial charge in [-0.05, 0) is 36.1 Å². The predicted molar refractivity (Wildman–Crippen MR) is 86.2 cm³/mol. The fraction of sp³-hybridized carbons (Fsp3) is 0.625. The Morgan fingerprint density at radius 2 is 2.25 bits per heavy atom. The first-order valence-electron chi connectivity index (χ1n) is 7.45. The standard InChI is InChI=1S/C16H23N3S/c1-16(2,3)11-19-14(10-12-6-5-9-20-12)18-13-7-4-8-17-15(13)19/h4,7-8,12H,5-6,9-11H2,1-3H3. The molecule has 1 aliphatic rings. The van der Waals surface area contributed by atoms with Crippen LogP contribution < -0.4 is 0 Å². The van der Waals surface area contributed by atoms with Crippen LogP contribution in [0.3, 0.4) is 0 Å². The molecular formula is C16H23N3S. The maximum atomic E-state index is 4.85. The molecule has 3 nitrogen and oxygen atoms in total. The lowest BCUT2D eigenvalue weighted by Gasteiger charge is -2.21. The van der Waals surface area contributed by atoms with E-state index < -0.39 is 0 Å². The summed E-state index contributed by atoms with van der Waals surface area (Å²) in [6.45, 7) is 7.80. The molecule has 1 atom stereocenters. The summed E-state index contributed by atoms with van der Waals surface area (Å²) in [6, 6.07) is 4.05. The summed E-state index contributed by atoms with van der Waals surface area (Å²) in [5.74, 6) is 2.52. The third-order valence-corrected chi connectivity index (χ3v) is 5.05. The number of fused-ring (bicyclic) bond motifs is 1. The summed E-state index contributed by atoms with van der Waals surface area (Å²) in [7, 11) is 0. The fourth-order valence-corrected chi connectivity index (χ4v) is 4.08. The minimum Gasteiger partial charge on any atom is -0.312 e. The molecule has 0 saturated carbocycles. The van der Waals surface area contributed by atoms with Gasteiger partial charge in [0.25, 0.3) is 0 Å². The number of imidazole rings is 1. The summed E-state index contributed by atoms with van der Waals surface area (Å²) in [4.78, 5) is 9.40. The van der Waals surface area contributed by atoms with Crippen LogP contribution in [0.4, 0.5) is 0 Å². The number of hydrogen-bond acceptors (Lipinski definition) is 3. The summed E-state index contributed by atoms with van der Waals surface area (Å²) in [5.41, 5.74) is 2.32. The second kappa shape index (κ2) is 5.40. The smallest absolute Gasteiger partial charge is 0.160 e. The number of thioether (sulfide) groups is 1. The van der Waals surface area contributed by atoms with Gasteiger partial charge in [0, 0.05) is 24.4 Å². The first kappa shape index (κ1) is 13.9. The molecule has 0 N–H and O–H groups in total. The van der Waals surface area contributed by atoms with Crippen LogP contribution in [0.2, 0.25) is 0 Å². The Hall–Kier alpha value is -1.03. The molecule has 1 fully saturated rings. The van der Waals surface area contributed by atoms with E-state index in [1.807, 2.05) is 12.3 Å². The Balaban J connectivity index is 1.98. The second-order valence-electron chi connectivity index (χ2n) is 6.86. The van der Waals surface area contributed by atoms with Gasteiger partial charge in [-0.2, -0.15) is 11.8 Å². The lowest BCUT2D eigenvalue weighted by atomic mass is 9.96. The Kier molecular flexibility index (Phi) is 3.76. The molecule has 1 saturated heterocycles. The average Bonchev–Trinajstić information content (AvgIpc) is 2.98. The van der Waals surface area contributed by atoms with Gasteiger partial charge < -0.3 is 4.57 Å². The maximum Gasteiger partial charge on any atom is 0.160 e. The quantitative estimate of drug-likeness (QED) is 0.858. The Morgan fingerprint density at radius 1 is 1.40 bits per heavy atom. The SMILES string of the molecule is CC(C)(C)Cn1c(CC2CCCS2)nc2cccnc21. The molecule has 0 aliphatic carbocycles. The minimum atomic E-state index is 0.239. The van der Waals surface area contributed by atoms with Gasteiger partial charge in [0.2, 0.25) is 0 Å². The number of rotatable bonds is 3. The predicted octanol–water partition coefficient (Wildman–Crippen LogP) is 3.92. The fourth-order valence-electron chi connectivity index (χ4n) is 2.81. The molecule has 3 rings (SSSR count). The molecule has 0 radical (unpaired) electrons. The molecule has 1 aliphatic heterocycles. The first-order valence-corrected chi connectivity index (χ1v) is 8.49. The molecule has 0 bridgehead atoms. The number of aromatic nitrogens is 3. The van der Waals surface area contributed by atoms with Gasteiger partial charge >= 0.3 is 0 Å². The highest BCUT2D eigenvalue weighted by Crippen LogP contribution is 2.30. The van der Waals surface area contributed by atoms with Gasteiger partial charge in [0.05, 0.1) is 0 Å². The maximum absolute atomic E-state index is 4.85. The van der Waals surface area contributed by atoms with E-state index in [4.69, 9.17) is 4.98 Å². The van der Waals surface area contributed by atoms with Gasteiger partial charge in [0.1, 0.15) is 11.3 Å². The minimum absolute atomic E-state index is 0.239. The van der Waals surface area contributed by atoms with E-state index in [9.17, 15) is 0 Å². The van der Waals surface area contributed by atoms with Gasteiger partial charge in [-0.1, -0.05) is 20.8 Å². The van der Waals surface area contributed by atoms with Crippen LogP contribution in [0, 0.1) is 5.41 Å². The molecule has 1 unspecified atom stereocenters. The molecule has 3 heterocycles. The zero-order valence-electron chi connectivity index (χ0n) is 12.6. The van der Waals surface area contributed by atoms with E-state index in [-0.39, 0.29) is 5.41 Å². The zero-order valence-corrected chi connectivity index (χ0v) is 13.4. The van der Waals surface area contributed by atoms with E-state index >= 15 is 0 Å². The summed E-state index contributed by atoms with van der Waals surface area (Å²) in [6.07, 6.45) is 5.64. The van der Waals surface area contributed by atoms with Gasteiger partial charge in [-0.25, -0.2) is 9.97 Å². The van der Waals surface area contributed by atoms with Crippen molar-refractivity contribution in [1.29, 1.82) is 0 Å². The molecule has 0 spiro atoms. The van der Waals surface area contributed by atoms with Crippen LogP contribution in [-0.2, 0) is 13.0 Å². The Bertz CT molecular complexity index is 591. The van der Waals surface area contributed by atoms with Crippen LogP contribution in [0.5, 0.6) is 0 Å². The van der Waals surface area contributed by atoms with Crippen molar-refractivity contribution in [2.75, 3.05) is 5.75 Å². The average molecular weight is 289 g/mol. The van der Waals surface area contributed by atoms with Crippen molar-refractivity contribution in [3.8, 4) is 0 Å². The second-order valence-corrected chi connectivity index (χ2v) is 8.27. The molecule has 20 heavy (non-hydrogen) atoms. The van der Waals surface area contributed by atoms with Crippen LogP contribution in [0.15, 0.2) is 18.3 Å². The summed E-state index contributed by atoms with van der Waals surface area (Å²) in [5, 5.41) is 0.741. The van der Waals surface area contributed by atoms with E-state index in [1.165, 1.54) is 24.4 Å². The van der Waals surface area contributed by atoms with E-state index in [2.05, 4.69) is 48.2 Å². The third-order valence-electron chi connectivity index (χ3n) is 3.65. The van der Waals surface area contributed by atoms with Crippen molar-refractivity contribution < 1.29 is 0 Å². The number of hydrogen-bond donors (Lipinski definition) is 0. The van der Waals surface area contributed by atoms with Crippen molar-refractivity contribution in [1.82, 2.24) is 14.5 Å². The van der Waals surface area contributed by atoms with Gasteiger partial charge in [0.15, 0.2) is 5.65 Å². The highest BCUT2D eigenvalue weighted by Gasteiger charge is 2.22. The summed E-state index contributed by atoms with van der Waals surface area (Å²) >= 11 is 2.10. The van der Waals surface area contributed by atoms with E-state index in [1.54, 1.807) is 0 Å². The lowest BCUT2D eigenvalue weighted by molar-refractivity contribution is 0.341.